The molecule has 3 aromatic rings. The molecule has 0 aliphatic carbocycles. The van der Waals surface area contributed by atoms with E-state index in [9.17, 15) is 13.2 Å². The molecule has 2 aromatic carbocycles. The molecule has 1 saturated heterocycles. The fourth-order valence-electron chi connectivity index (χ4n) is 3.95. The summed E-state index contributed by atoms with van der Waals surface area (Å²) in [5.41, 5.74) is 2.58. The Labute approximate surface area is 187 Å². The predicted molar refractivity (Wildman–Crippen MR) is 124 cm³/mol. The molecule has 0 amide bonds. The molecular formula is C23H26N4O4S. The van der Waals surface area contributed by atoms with E-state index < -0.39 is 10.0 Å². The van der Waals surface area contributed by atoms with Crippen LogP contribution >= 0.6 is 0 Å². The average Bonchev–Trinajstić information content (AvgIpc) is 2.84. The first-order valence-electron chi connectivity index (χ1n) is 10.5. The Morgan fingerprint density at radius 3 is 2.44 bits per heavy atom. The van der Waals surface area contributed by atoms with Crippen LogP contribution in [0.4, 0.5) is 5.69 Å². The van der Waals surface area contributed by atoms with E-state index in [0.717, 1.165) is 17.0 Å². The fourth-order valence-corrected chi connectivity index (χ4v) is 5.69. The zero-order valence-electron chi connectivity index (χ0n) is 18.1. The molecule has 168 valence electrons. The van der Waals surface area contributed by atoms with Crippen LogP contribution in [0.1, 0.15) is 12.5 Å². The highest BCUT2D eigenvalue weighted by Crippen LogP contribution is 2.31. The number of para-hydroxylation sites is 2. The van der Waals surface area contributed by atoms with Crippen LogP contribution in [0.2, 0.25) is 0 Å². The molecule has 1 aliphatic heterocycles. The number of aromatic nitrogens is 2. The summed E-state index contributed by atoms with van der Waals surface area (Å²) in [7, 11) is -2.05. The van der Waals surface area contributed by atoms with E-state index in [4.69, 9.17) is 4.74 Å². The number of anilines is 1. The smallest absolute Gasteiger partial charge is 0.264 e. The van der Waals surface area contributed by atoms with E-state index in [1.54, 1.807) is 19.2 Å². The van der Waals surface area contributed by atoms with E-state index in [-0.39, 0.29) is 10.5 Å². The lowest BCUT2D eigenvalue weighted by atomic mass is 10.1. The standard InChI is InChI=1S/C23H26N4O4S/c1-3-17-8-9-18(19-10-11-23(28)25-24-19)16-22(17)32(29,30)27-14-12-26(13-15-27)20-6-4-5-7-21(20)31-2/h4-11,16H,3,12-15H2,1-2H3,(H,25,28). The molecule has 1 aliphatic rings. The molecule has 32 heavy (non-hydrogen) atoms. The van der Waals surface area contributed by atoms with Crippen LogP contribution in [-0.2, 0) is 16.4 Å². The first-order chi connectivity index (χ1) is 15.4. The van der Waals surface area contributed by atoms with Crippen molar-refractivity contribution in [1.29, 1.82) is 0 Å². The molecule has 0 unspecified atom stereocenters. The molecule has 0 spiro atoms. The number of ether oxygens (including phenoxy) is 1. The number of sulfonamides is 1. The van der Waals surface area contributed by atoms with Gasteiger partial charge in [0.15, 0.2) is 0 Å². The number of hydrogen-bond acceptors (Lipinski definition) is 6. The second-order valence-electron chi connectivity index (χ2n) is 7.55. The quantitative estimate of drug-likeness (QED) is 0.615. The Bertz CT molecular complexity index is 1240. The maximum atomic E-state index is 13.6. The van der Waals surface area contributed by atoms with Gasteiger partial charge in [-0.05, 0) is 36.2 Å². The van der Waals surface area contributed by atoms with Crippen LogP contribution < -0.4 is 15.2 Å². The number of piperazine rings is 1. The molecule has 1 aromatic heterocycles. The summed E-state index contributed by atoms with van der Waals surface area (Å²) >= 11 is 0. The van der Waals surface area contributed by atoms with E-state index >= 15 is 0 Å². The van der Waals surface area contributed by atoms with Gasteiger partial charge in [-0.15, -0.1) is 0 Å². The Morgan fingerprint density at radius 1 is 1.03 bits per heavy atom. The van der Waals surface area contributed by atoms with Gasteiger partial charge < -0.3 is 9.64 Å². The summed E-state index contributed by atoms with van der Waals surface area (Å²) in [4.78, 5) is 13.8. The third kappa shape index (κ3) is 4.26. The van der Waals surface area contributed by atoms with Crippen molar-refractivity contribution in [2.24, 2.45) is 0 Å². The van der Waals surface area contributed by atoms with Crippen molar-refractivity contribution in [2.75, 3.05) is 38.2 Å². The molecule has 2 heterocycles. The van der Waals surface area contributed by atoms with Crippen molar-refractivity contribution < 1.29 is 13.2 Å². The second kappa shape index (κ2) is 9.13. The minimum absolute atomic E-state index is 0.288. The highest BCUT2D eigenvalue weighted by molar-refractivity contribution is 7.89. The van der Waals surface area contributed by atoms with Crippen LogP contribution in [0.3, 0.4) is 0 Å². The van der Waals surface area contributed by atoms with Gasteiger partial charge in [0.1, 0.15) is 5.75 Å². The Kier molecular flexibility index (Phi) is 6.29. The zero-order chi connectivity index (χ0) is 22.7. The minimum atomic E-state index is -3.69. The van der Waals surface area contributed by atoms with Crippen molar-refractivity contribution in [3.8, 4) is 17.0 Å². The molecule has 8 nitrogen and oxygen atoms in total. The van der Waals surface area contributed by atoms with Gasteiger partial charge in [0.25, 0.3) is 5.56 Å². The molecule has 0 saturated carbocycles. The van der Waals surface area contributed by atoms with Gasteiger partial charge >= 0.3 is 0 Å². The molecule has 4 rings (SSSR count). The number of aryl methyl sites for hydroxylation is 1. The lowest BCUT2D eigenvalue weighted by molar-refractivity contribution is 0.378. The number of rotatable bonds is 6. The summed E-state index contributed by atoms with van der Waals surface area (Å²) in [5.74, 6) is 0.776. The van der Waals surface area contributed by atoms with Gasteiger partial charge in [0.2, 0.25) is 10.0 Å². The van der Waals surface area contributed by atoms with Crippen molar-refractivity contribution >= 4 is 15.7 Å². The Hall–Kier alpha value is -3.17. The van der Waals surface area contributed by atoms with E-state index in [2.05, 4.69) is 15.1 Å². The van der Waals surface area contributed by atoms with Crippen LogP contribution in [0.25, 0.3) is 11.3 Å². The summed E-state index contributed by atoms with van der Waals surface area (Å²) in [5, 5.41) is 6.43. The molecule has 0 radical (unpaired) electrons. The van der Waals surface area contributed by atoms with Gasteiger partial charge in [-0.1, -0.05) is 31.2 Å². The average molecular weight is 455 g/mol. The van der Waals surface area contributed by atoms with Gasteiger partial charge in [-0.3, -0.25) is 4.79 Å². The first-order valence-corrected chi connectivity index (χ1v) is 11.9. The largest absolute Gasteiger partial charge is 0.495 e. The number of benzene rings is 2. The third-order valence-corrected chi connectivity index (χ3v) is 7.69. The predicted octanol–water partition coefficient (Wildman–Crippen LogP) is 2.52. The van der Waals surface area contributed by atoms with Crippen LogP contribution in [0.15, 0.2) is 64.3 Å². The van der Waals surface area contributed by atoms with Gasteiger partial charge in [0, 0.05) is 37.8 Å². The minimum Gasteiger partial charge on any atom is -0.495 e. The molecule has 9 heteroatoms. The molecule has 0 bridgehead atoms. The number of H-pyrrole nitrogens is 1. The number of nitrogens with zero attached hydrogens (tertiary/aromatic N) is 3. The summed E-state index contributed by atoms with van der Waals surface area (Å²) < 4.78 is 34.1. The zero-order valence-corrected chi connectivity index (χ0v) is 18.9. The maximum Gasteiger partial charge on any atom is 0.264 e. The number of nitrogens with one attached hydrogen (secondary N) is 1. The Morgan fingerprint density at radius 2 is 1.78 bits per heavy atom. The monoisotopic (exact) mass is 454 g/mol. The van der Waals surface area contributed by atoms with Gasteiger partial charge in [-0.25, -0.2) is 13.5 Å². The highest BCUT2D eigenvalue weighted by Gasteiger charge is 2.31. The lowest BCUT2D eigenvalue weighted by Crippen LogP contribution is -2.48. The summed E-state index contributed by atoms with van der Waals surface area (Å²) in [6.45, 7) is 3.84. The van der Waals surface area contributed by atoms with Crippen molar-refractivity contribution in [3.05, 3.63) is 70.5 Å². The Balaban J connectivity index is 1.60. The van der Waals surface area contributed by atoms with E-state index in [0.29, 0.717) is 43.9 Å². The van der Waals surface area contributed by atoms with Crippen LogP contribution in [-0.4, -0.2) is 56.2 Å². The van der Waals surface area contributed by atoms with E-state index in [1.165, 1.54) is 10.4 Å². The van der Waals surface area contributed by atoms with Crippen LogP contribution in [0.5, 0.6) is 5.75 Å². The lowest BCUT2D eigenvalue weighted by Gasteiger charge is -2.36. The molecule has 0 atom stereocenters. The molecule has 1 fully saturated rings. The number of aromatic amines is 1. The van der Waals surface area contributed by atoms with Crippen molar-refractivity contribution in [2.45, 2.75) is 18.2 Å². The van der Waals surface area contributed by atoms with Crippen molar-refractivity contribution in [3.63, 3.8) is 0 Å². The summed E-state index contributed by atoms with van der Waals surface area (Å²) in [6.07, 6.45) is 0.592. The highest BCUT2D eigenvalue weighted by atomic mass is 32.2. The third-order valence-electron chi connectivity index (χ3n) is 5.71. The maximum absolute atomic E-state index is 13.6. The fraction of sp³-hybridized carbons (Fsp3) is 0.304. The summed E-state index contributed by atoms with van der Waals surface area (Å²) in [6, 6.07) is 16.0. The number of hydrogen-bond donors (Lipinski definition) is 1. The normalized spacial score (nSPS) is 15.0. The topological polar surface area (TPSA) is 95.6 Å². The van der Waals surface area contributed by atoms with Gasteiger partial charge in [0.05, 0.1) is 23.4 Å². The number of methoxy groups -OCH3 is 1. The second-order valence-corrected chi connectivity index (χ2v) is 9.45. The van der Waals surface area contributed by atoms with E-state index in [1.807, 2.05) is 43.3 Å². The molecule has 1 N–H and O–H groups in total. The first kappa shape index (κ1) is 22.0. The van der Waals surface area contributed by atoms with Crippen LogP contribution in [0, 0.1) is 0 Å². The SMILES string of the molecule is CCc1ccc(-c2ccc(=O)[nH]n2)cc1S(=O)(=O)N1CCN(c2ccccc2OC)CC1. The molecular weight excluding hydrogens is 428 g/mol. The van der Waals surface area contributed by atoms with Gasteiger partial charge in [-0.2, -0.15) is 9.40 Å². The van der Waals surface area contributed by atoms with Crippen molar-refractivity contribution in [1.82, 2.24) is 14.5 Å².